The predicted octanol–water partition coefficient (Wildman–Crippen LogP) is 4.38. The quantitative estimate of drug-likeness (QED) is 0.735. The van der Waals surface area contributed by atoms with Crippen molar-refractivity contribution in [3.05, 3.63) is 0 Å². The Morgan fingerprint density at radius 1 is 1.07 bits per heavy atom. The summed E-state index contributed by atoms with van der Waals surface area (Å²) in [5, 5.41) is 10.9. The van der Waals surface area contributed by atoms with Gasteiger partial charge in [-0.05, 0) is 91.8 Å². The molecule has 4 aliphatic rings. The van der Waals surface area contributed by atoms with Crippen LogP contribution in [0.3, 0.4) is 0 Å². The van der Waals surface area contributed by atoms with Gasteiger partial charge in [0.2, 0.25) is 0 Å². The maximum Gasteiger partial charge on any atom is 0.136 e. The number of aliphatic carboxylic acids is 1. The molecule has 3 heteroatoms. The lowest BCUT2D eigenvalue weighted by atomic mass is 9.44. The van der Waals surface area contributed by atoms with Gasteiger partial charge >= 0.3 is 0 Å². The molecule has 0 heterocycles. The number of fused-ring (bicyclic) bond motifs is 5. The average molecular weight is 374 g/mol. The van der Waals surface area contributed by atoms with Crippen LogP contribution in [0.2, 0.25) is 0 Å². The van der Waals surface area contributed by atoms with E-state index in [0.29, 0.717) is 40.8 Å². The molecule has 4 aliphatic carbocycles. The highest BCUT2D eigenvalue weighted by atomic mass is 16.4. The number of Topliss-reactive ketones (excluding diaryl/α,β-unsaturated/α-hetero) is 1. The van der Waals surface area contributed by atoms with Gasteiger partial charge in [-0.2, -0.15) is 0 Å². The molecule has 0 spiro atoms. The minimum Gasteiger partial charge on any atom is -0.550 e. The summed E-state index contributed by atoms with van der Waals surface area (Å²) in [6.07, 6.45) is 11.7. The first-order valence-corrected chi connectivity index (χ1v) is 11.5. The second kappa shape index (κ2) is 6.88. The lowest BCUT2D eigenvalue weighted by molar-refractivity contribution is -0.306. The van der Waals surface area contributed by atoms with Gasteiger partial charge in [0, 0.05) is 18.3 Å². The van der Waals surface area contributed by atoms with Gasteiger partial charge in [0.05, 0.1) is 0 Å². The van der Waals surface area contributed by atoms with Crippen molar-refractivity contribution in [3.8, 4) is 0 Å². The van der Waals surface area contributed by atoms with Crippen LogP contribution in [0.5, 0.6) is 0 Å². The molecule has 0 aromatic carbocycles. The molecular formula is C24H37O3-. The molecule has 0 N–H and O–H groups in total. The molecule has 4 fully saturated rings. The Bertz CT molecular complexity index is 613. The Labute approximate surface area is 164 Å². The number of hydrogen-bond acceptors (Lipinski definition) is 3. The van der Waals surface area contributed by atoms with Crippen molar-refractivity contribution in [1.82, 2.24) is 0 Å². The Morgan fingerprint density at radius 3 is 2.56 bits per heavy atom. The van der Waals surface area contributed by atoms with Gasteiger partial charge in [-0.15, -0.1) is 0 Å². The van der Waals surface area contributed by atoms with Crippen LogP contribution in [0.15, 0.2) is 0 Å². The number of hydrogen-bond donors (Lipinski definition) is 0. The number of carbonyl (C=O) groups is 2. The first-order chi connectivity index (χ1) is 12.8. The highest BCUT2D eigenvalue weighted by Gasteiger charge is 2.62. The minimum absolute atomic E-state index is 0.170. The second-order valence-electron chi connectivity index (χ2n) is 11.0. The van der Waals surface area contributed by atoms with Gasteiger partial charge in [0.1, 0.15) is 5.78 Å². The third kappa shape index (κ3) is 2.99. The van der Waals surface area contributed by atoms with Crippen LogP contribution in [0.1, 0.15) is 91.4 Å². The Morgan fingerprint density at radius 2 is 1.81 bits per heavy atom. The molecule has 0 aromatic heterocycles. The highest BCUT2D eigenvalue weighted by molar-refractivity contribution is 5.83. The third-order valence-electron chi connectivity index (χ3n) is 9.95. The van der Waals surface area contributed by atoms with E-state index in [-0.39, 0.29) is 17.8 Å². The molecule has 8 atom stereocenters. The maximum atomic E-state index is 13.3. The standard InChI is InChI=1S/C24H38O3/c1-15(7-10-21(26)27)17-8-9-18-22-19(11-13-24(17,18)3)23(2)12-5-4-6-16(23)14-20(22)25/h15-19,22H,4-14H2,1-3H3,(H,26,27)/p-1/t15-,16-,17+,18+,19-,22+,23-,24+/m0/s1. The molecule has 0 saturated heterocycles. The van der Waals surface area contributed by atoms with Crippen LogP contribution in [0.4, 0.5) is 0 Å². The Hall–Kier alpha value is -0.860. The van der Waals surface area contributed by atoms with Crippen LogP contribution in [-0.2, 0) is 9.59 Å². The molecule has 152 valence electrons. The summed E-state index contributed by atoms with van der Waals surface area (Å²) in [5.74, 6) is 2.65. The summed E-state index contributed by atoms with van der Waals surface area (Å²) >= 11 is 0. The van der Waals surface area contributed by atoms with Crippen molar-refractivity contribution in [1.29, 1.82) is 0 Å². The largest absolute Gasteiger partial charge is 0.550 e. The zero-order chi connectivity index (χ0) is 19.4. The van der Waals surface area contributed by atoms with Crippen molar-refractivity contribution >= 4 is 11.8 Å². The minimum atomic E-state index is -0.927. The number of ketones is 1. The van der Waals surface area contributed by atoms with E-state index in [1.165, 1.54) is 51.4 Å². The number of carboxylic acids is 1. The molecule has 4 saturated carbocycles. The molecule has 0 aliphatic heterocycles. The Balaban J connectivity index is 1.57. The fourth-order valence-corrected chi connectivity index (χ4v) is 8.48. The molecule has 27 heavy (non-hydrogen) atoms. The average Bonchev–Trinajstić information content (AvgIpc) is 2.97. The van der Waals surface area contributed by atoms with Crippen molar-refractivity contribution < 1.29 is 14.7 Å². The molecule has 0 aromatic rings. The first kappa shape index (κ1) is 19.5. The van der Waals surface area contributed by atoms with Gasteiger partial charge < -0.3 is 9.90 Å². The molecule has 3 nitrogen and oxygen atoms in total. The summed E-state index contributed by atoms with van der Waals surface area (Å²) in [6, 6.07) is 0. The van der Waals surface area contributed by atoms with E-state index in [4.69, 9.17) is 0 Å². The summed E-state index contributed by atoms with van der Waals surface area (Å²) in [7, 11) is 0. The topological polar surface area (TPSA) is 57.2 Å². The van der Waals surface area contributed by atoms with Crippen LogP contribution >= 0.6 is 0 Å². The lowest BCUT2D eigenvalue weighted by Crippen LogP contribution is -2.56. The van der Waals surface area contributed by atoms with Gasteiger partial charge in [-0.3, -0.25) is 4.79 Å². The van der Waals surface area contributed by atoms with Crippen molar-refractivity contribution in [2.45, 2.75) is 91.4 Å². The number of rotatable bonds is 4. The monoisotopic (exact) mass is 373 g/mol. The van der Waals surface area contributed by atoms with E-state index in [0.717, 1.165) is 12.8 Å². The number of carbonyl (C=O) groups excluding carboxylic acids is 2. The lowest BCUT2D eigenvalue weighted by Gasteiger charge is -2.60. The summed E-state index contributed by atoms with van der Waals surface area (Å²) in [4.78, 5) is 24.2. The van der Waals surface area contributed by atoms with E-state index in [2.05, 4.69) is 20.8 Å². The summed E-state index contributed by atoms with van der Waals surface area (Å²) < 4.78 is 0. The van der Waals surface area contributed by atoms with Gasteiger partial charge in [-0.1, -0.05) is 33.6 Å². The molecular weight excluding hydrogens is 336 g/mol. The van der Waals surface area contributed by atoms with Crippen LogP contribution in [0, 0.1) is 46.3 Å². The zero-order valence-corrected chi connectivity index (χ0v) is 17.5. The van der Waals surface area contributed by atoms with Crippen molar-refractivity contribution in [3.63, 3.8) is 0 Å². The third-order valence-corrected chi connectivity index (χ3v) is 9.95. The normalized spacial score (nSPS) is 47.7. The molecule has 0 bridgehead atoms. The fraction of sp³-hybridized carbons (Fsp3) is 0.917. The zero-order valence-electron chi connectivity index (χ0n) is 17.5. The van der Waals surface area contributed by atoms with E-state index in [9.17, 15) is 14.7 Å². The van der Waals surface area contributed by atoms with Crippen molar-refractivity contribution in [2.24, 2.45) is 46.3 Å². The first-order valence-electron chi connectivity index (χ1n) is 11.5. The molecule has 0 radical (unpaired) electrons. The molecule has 0 unspecified atom stereocenters. The number of carboxylic acid groups (broad SMARTS) is 1. The summed E-state index contributed by atoms with van der Waals surface area (Å²) in [5.41, 5.74) is 0.608. The van der Waals surface area contributed by atoms with Gasteiger partial charge in [-0.25, -0.2) is 0 Å². The smallest absolute Gasteiger partial charge is 0.136 e. The van der Waals surface area contributed by atoms with E-state index >= 15 is 0 Å². The van der Waals surface area contributed by atoms with Gasteiger partial charge in [0.25, 0.3) is 0 Å². The maximum absolute atomic E-state index is 13.3. The Kier molecular flexibility index (Phi) is 4.96. The van der Waals surface area contributed by atoms with E-state index in [1.807, 2.05) is 0 Å². The van der Waals surface area contributed by atoms with E-state index in [1.54, 1.807) is 0 Å². The van der Waals surface area contributed by atoms with Crippen molar-refractivity contribution in [2.75, 3.05) is 0 Å². The van der Waals surface area contributed by atoms with Gasteiger partial charge in [0.15, 0.2) is 0 Å². The van der Waals surface area contributed by atoms with E-state index < -0.39 is 5.97 Å². The van der Waals surface area contributed by atoms with Crippen LogP contribution < -0.4 is 5.11 Å². The molecule has 0 amide bonds. The summed E-state index contributed by atoms with van der Waals surface area (Å²) in [6.45, 7) is 7.18. The molecule has 4 rings (SSSR count). The van der Waals surface area contributed by atoms with Crippen LogP contribution in [0.25, 0.3) is 0 Å². The highest BCUT2D eigenvalue weighted by Crippen LogP contribution is 2.67. The van der Waals surface area contributed by atoms with Crippen LogP contribution in [-0.4, -0.2) is 11.8 Å². The SMILES string of the molecule is C[C@@H](CCC(=O)[O-])[C@H]1CC[C@@H]2[C@H]3C(=O)C[C@@H]4CCCC[C@]4(C)[C@H]3CC[C@@]21C. The predicted molar refractivity (Wildman–Crippen MR) is 104 cm³/mol. The fourth-order valence-electron chi connectivity index (χ4n) is 8.48. The second-order valence-corrected chi connectivity index (χ2v) is 11.0.